The fraction of sp³-hybridized carbons (Fsp3) is 0.625. The van der Waals surface area contributed by atoms with Crippen LogP contribution < -0.4 is 0 Å². The van der Waals surface area contributed by atoms with E-state index in [0.717, 1.165) is 0 Å². The third-order valence-electron chi connectivity index (χ3n) is 1.68. The lowest BCUT2D eigenvalue weighted by molar-refractivity contribution is -0.141. The predicted octanol–water partition coefficient (Wildman–Crippen LogP) is 3.45. The summed E-state index contributed by atoms with van der Waals surface area (Å²) >= 11 is 5.23. The predicted molar refractivity (Wildman–Crippen MR) is 47.2 cm³/mol. The summed E-state index contributed by atoms with van der Waals surface area (Å²) in [4.78, 5) is 0. The van der Waals surface area contributed by atoms with Crippen LogP contribution in [0.3, 0.4) is 0 Å². The molecule has 0 aliphatic carbocycles. The van der Waals surface area contributed by atoms with Crippen molar-refractivity contribution >= 4 is 11.6 Å². The lowest BCUT2D eigenvalue weighted by atomic mass is 10.1. The van der Waals surface area contributed by atoms with Crippen LogP contribution in [0.1, 0.15) is 26.5 Å². The summed E-state index contributed by atoms with van der Waals surface area (Å²) in [5.41, 5.74) is -2.28. The monoisotopic (exact) mass is 244 g/mol. The number of alkyl halides is 3. The maximum absolute atomic E-state index is 13.3. The Morgan fingerprint density at radius 2 is 1.67 bits per heavy atom. The quantitative estimate of drug-likeness (QED) is 0.639. The third kappa shape index (κ3) is 2.25. The van der Waals surface area contributed by atoms with Crippen LogP contribution in [-0.2, 0) is 11.7 Å². The van der Waals surface area contributed by atoms with Crippen molar-refractivity contribution in [1.82, 2.24) is 9.78 Å². The van der Waals surface area contributed by atoms with E-state index in [9.17, 15) is 17.6 Å². The molecular formula is C8H9ClF4N2. The zero-order valence-corrected chi connectivity index (χ0v) is 9.04. The largest absolute Gasteiger partial charge is 0.436 e. The molecule has 0 bridgehead atoms. The Morgan fingerprint density at radius 1 is 1.20 bits per heavy atom. The van der Waals surface area contributed by atoms with Crippen molar-refractivity contribution < 1.29 is 17.6 Å². The van der Waals surface area contributed by atoms with Crippen molar-refractivity contribution in [1.29, 1.82) is 0 Å². The van der Waals surface area contributed by atoms with Crippen LogP contribution in [0.2, 0.25) is 5.02 Å². The summed E-state index contributed by atoms with van der Waals surface area (Å²) in [6.45, 7) is 4.58. The summed E-state index contributed by atoms with van der Waals surface area (Å²) in [5, 5.41) is 2.15. The molecule has 0 aromatic carbocycles. The Bertz CT molecular complexity index is 341. The first-order valence-corrected chi connectivity index (χ1v) is 4.44. The molecular weight excluding hydrogens is 236 g/mol. The molecule has 2 nitrogen and oxygen atoms in total. The molecule has 0 atom stereocenters. The molecule has 0 aliphatic heterocycles. The molecule has 0 saturated carbocycles. The van der Waals surface area contributed by atoms with Gasteiger partial charge in [-0.25, -0.2) is 4.68 Å². The summed E-state index contributed by atoms with van der Waals surface area (Å²) in [5.74, 6) is -1.17. The fourth-order valence-electron chi connectivity index (χ4n) is 1.00. The van der Waals surface area contributed by atoms with Crippen LogP contribution in [-0.4, -0.2) is 9.78 Å². The topological polar surface area (TPSA) is 17.8 Å². The van der Waals surface area contributed by atoms with Crippen molar-refractivity contribution in [2.75, 3.05) is 0 Å². The molecule has 0 spiro atoms. The molecule has 0 aliphatic rings. The van der Waals surface area contributed by atoms with Gasteiger partial charge in [0.2, 0.25) is 5.95 Å². The first-order valence-electron chi connectivity index (χ1n) is 4.07. The first kappa shape index (κ1) is 12.3. The number of nitrogens with zero attached hydrogens (tertiary/aromatic N) is 2. The molecule has 1 heterocycles. The van der Waals surface area contributed by atoms with Gasteiger partial charge in [0, 0.05) is 0 Å². The summed E-state index contributed by atoms with van der Waals surface area (Å²) in [7, 11) is 0. The summed E-state index contributed by atoms with van der Waals surface area (Å²) in [6.07, 6.45) is -4.74. The first-order chi connectivity index (χ1) is 6.55. The number of rotatable bonds is 0. The van der Waals surface area contributed by atoms with Gasteiger partial charge in [0.15, 0.2) is 5.69 Å². The molecule has 1 aromatic rings. The number of aromatic nitrogens is 2. The van der Waals surface area contributed by atoms with Gasteiger partial charge in [-0.2, -0.15) is 22.7 Å². The van der Waals surface area contributed by atoms with Crippen molar-refractivity contribution in [3.63, 3.8) is 0 Å². The molecule has 86 valence electrons. The van der Waals surface area contributed by atoms with Crippen molar-refractivity contribution in [3.05, 3.63) is 16.7 Å². The molecule has 7 heteroatoms. The highest BCUT2D eigenvalue weighted by Crippen LogP contribution is 2.36. The molecule has 0 saturated heterocycles. The fourth-order valence-corrected chi connectivity index (χ4v) is 1.23. The second kappa shape index (κ2) is 3.37. The van der Waals surface area contributed by atoms with Crippen LogP contribution in [0.25, 0.3) is 0 Å². The lowest BCUT2D eigenvalue weighted by Gasteiger charge is -2.19. The smallest absolute Gasteiger partial charge is 0.232 e. The van der Waals surface area contributed by atoms with Gasteiger partial charge < -0.3 is 0 Å². The maximum atomic E-state index is 13.3. The molecule has 15 heavy (non-hydrogen) atoms. The molecule has 0 radical (unpaired) electrons. The van der Waals surface area contributed by atoms with E-state index in [4.69, 9.17) is 11.6 Å². The number of halogens is 5. The third-order valence-corrected chi connectivity index (χ3v) is 2.01. The van der Waals surface area contributed by atoms with E-state index in [2.05, 4.69) is 5.10 Å². The van der Waals surface area contributed by atoms with Crippen LogP contribution in [0.4, 0.5) is 17.6 Å². The van der Waals surface area contributed by atoms with E-state index < -0.39 is 28.4 Å². The Morgan fingerprint density at radius 3 is 1.87 bits per heavy atom. The molecule has 0 fully saturated rings. The normalized spacial score (nSPS) is 13.3. The average Bonchev–Trinajstić information content (AvgIpc) is 2.26. The van der Waals surface area contributed by atoms with Gasteiger partial charge in [-0.05, 0) is 20.8 Å². The maximum Gasteiger partial charge on any atom is 0.436 e. The van der Waals surface area contributed by atoms with E-state index in [1.54, 1.807) is 0 Å². The van der Waals surface area contributed by atoms with Crippen LogP contribution >= 0.6 is 11.6 Å². The van der Waals surface area contributed by atoms with Gasteiger partial charge in [-0.15, -0.1) is 0 Å². The standard InChI is InChI=1S/C8H9ClF4N2/c1-7(2,3)15-6(10)4(9)5(14-15)8(11,12)13/h1-3H3. The van der Waals surface area contributed by atoms with Gasteiger partial charge in [0.25, 0.3) is 0 Å². The lowest BCUT2D eigenvalue weighted by Crippen LogP contribution is -2.25. The SMILES string of the molecule is CC(C)(C)n1nc(C(F)(F)F)c(Cl)c1F. The van der Waals surface area contributed by atoms with E-state index in [-0.39, 0.29) is 0 Å². The molecule has 1 aromatic heterocycles. The minimum atomic E-state index is -4.74. The molecule has 1 rings (SSSR count). The van der Waals surface area contributed by atoms with E-state index in [0.29, 0.717) is 4.68 Å². The van der Waals surface area contributed by atoms with E-state index in [1.165, 1.54) is 20.8 Å². The molecule has 0 unspecified atom stereocenters. The molecule has 0 amide bonds. The average molecular weight is 245 g/mol. The second-order valence-corrected chi connectivity index (χ2v) is 4.41. The summed E-state index contributed by atoms with van der Waals surface area (Å²) in [6, 6.07) is 0. The van der Waals surface area contributed by atoms with Crippen LogP contribution in [0, 0.1) is 5.95 Å². The van der Waals surface area contributed by atoms with Gasteiger partial charge >= 0.3 is 6.18 Å². The minimum absolute atomic E-state index is 0.623. The van der Waals surface area contributed by atoms with Crippen LogP contribution in [0.15, 0.2) is 0 Å². The Balaban J connectivity index is 3.38. The van der Waals surface area contributed by atoms with Crippen molar-refractivity contribution in [2.45, 2.75) is 32.5 Å². The van der Waals surface area contributed by atoms with Crippen LogP contribution in [0.5, 0.6) is 0 Å². The van der Waals surface area contributed by atoms with Gasteiger partial charge in [0.1, 0.15) is 5.02 Å². The Hall–Kier alpha value is -0.780. The van der Waals surface area contributed by atoms with Gasteiger partial charge in [-0.1, -0.05) is 11.6 Å². The van der Waals surface area contributed by atoms with E-state index >= 15 is 0 Å². The van der Waals surface area contributed by atoms with Gasteiger partial charge in [-0.3, -0.25) is 0 Å². The van der Waals surface area contributed by atoms with Crippen molar-refractivity contribution in [2.24, 2.45) is 0 Å². The van der Waals surface area contributed by atoms with Crippen molar-refractivity contribution in [3.8, 4) is 0 Å². The zero-order valence-electron chi connectivity index (χ0n) is 8.28. The number of hydrogen-bond donors (Lipinski definition) is 0. The second-order valence-electron chi connectivity index (χ2n) is 4.03. The zero-order chi connectivity index (χ0) is 12.0. The molecule has 0 N–H and O–H groups in total. The van der Waals surface area contributed by atoms with Gasteiger partial charge in [0.05, 0.1) is 5.54 Å². The minimum Gasteiger partial charge on any atom is -0.232 e. The summed E-state index contributed by atoms with van der Waals surface area (Å²) < 4.78 is 50.8. The number of hydrogen-bond acceptors (Lipinski definition) is 1. The highest BCUT2D eigenvalue weighted by atomic mass is 35.5. The van der Waals surface area contributed by atoms with E-state index in [1.807, 2.05) is 0 Å². The Labute approximate surface area is 88.8 Å². The Kier molecular flexibility index (Phi) is 2.76. The highest BCUT2D eigenvalue weighted by Gasteiger charge is 2.40. The highest BCUT2D eigenvalue weighted by molar-refractivity contribution is 6.31.